The molecule has 12 heteroatoms. The Kier molecular flexibility index (Phi) is 7.49. The Labute approximate surface area is 275 Å². The molecule has 4 heterocycles. The van der Waals surface area contributed by atoms with E-state index in [4.69, 9.17) is 14.2 Å². The molecule has 12 nitrogen and oxygen atoms in total. The Hall–Kier alpha value is -5.25. The number of Topliss-reactive ketones (excluding diaryl/α,β-unsaturated/α-hetero) is 4. The molecule has 1 fully saturated rings. The maximum absolute atomic E-state index is 14.0. The zero-order valence-electron chi connectivity index (χ0n) is 27.0. The Bertz CT molecular complexity index is 2050. The highest BCUT2D eigenvalue weighted by molar-refractivity contribution is 6.26. The number of aromatic nitrogens is 1. The summed E-state index contributed by atoms with van der Waals surface area (Å²) >= 11 is 0. The molecule has 0 amide bonds. The summed E-state index contributed by atoms with van der Waals surface area (Å²) in [5, 5.41) is 11.4. The average Bonchev–Trinajstić information content (AvgIpc) is 3.08. The molecule has 5 aliphatic rings. The first-order valence-corrected chi connectivity index (χ1v) is 15.6. The van der Waals surface area contributed by atoms with Crippen LogP contribution in [0.2, 0.25) is 0 Å². The maximum atomic E-state index is 14.0. The third-order valence-electron chi connectivity index (χ3n) is 10.4. The van der Waals surface area contributed by atoms with Gasteiger partial charge in [-0.1, -0.05) is 18.2 Å². The lowest BCUT2D eigenvalue weighted by Gasteiger charge is -2.60. The fourth-order valence-corrected chi connectivity index (χ4v) is 8.20. The highest BCUT2D eigenvalue weighted by Crippen LogP contribution is 2.49. The Morgan fingerprint density at radius 2 is 1.52 bits per heavy atom. The minimum atomic E-state index is -1.04. The molecular formula is C36H32N4O8. The number of allylic oxidation sites excluding steroid dienone is 4. The van der Waals surface area contributed by atoms with Gasteiger partial charge in [0.25, 0.3) is 0 Å². The standard InChI is InChI=1S/C36H32N4O8/c1-16-30(41)20-12-24-29-28-21(31(42)17(2)35(47-5)33(28)44)11-23(39(29)3)25(13-37)40(24)26(27(20)32(43)34(16)46-4)15-48-36(45)19-10-18-8-6-7-9-22(18)38-14-19/h6-10,14,23-26,29H,11-12,15H2,1-5H3/t23-,24-,25-,26-,29-/m0/s1. The summed E-state index contributed by atoms with van der Waals surface area (Å²) in [5.41, 5.74) is 2.13. The van der Waals surface area contributed by atoms with Gasteiger partial charge in [-0.05, 0) is 45.9 Å². The molecule has 244 valence electrons. The molecular weight excluding hydrogens is 616 g/mol. The van der Waals surface area contributed by atoms with E-state index in [-0.39, 0.29) is 70.2 Å². The molecule has 2 aromatic rings. The van der Waals surface area contributed by atoms with Gasteiger partial charge >= 0.3 is 5.97 Å². The third-order valence-corrected chi connectivity index (χ3v) is 10.4. The largest absolute Gasteiger partial charge is 0.492 e. The van der Waals surface area contributed by atoms with Crippen molar-refractivity contribution in [1.29, 1.82) is 5.26 Å². The first-order valence-electron chi connectivity index (χ1n) is 15.6. The average molecular weight is 649 g/mol. The number of hydrogen-bond acceptors (Lipinski definition) is 12. The van der Waals surface area contributed by atoms with Gasteiger partial charge in [-0.3, -0.25) is 34.0 Å². The second kappa shape index (κ2) is 11.5. The number of hydrogen-bond donors (Lipinski definition) is 0. The van der Waals surface area contributed by atoms with E-state index in [9.17, 15) is 29.2 Å². The number of carbonyl (C=O) groups excluding carboxylic acids is 5. The highest BCUT2D eigenvalue weighted by atomic mass is 16.5. The molecule has 0 spiro atoms. The van der Waals surface area contributed by atoms with Crippen molar-refractivity contribution in [2.75, 3.05) is 27.9 Å². The van der Waals surface area contributed by atoms with Gasteiger partial charge < -0.3 is 14.2 Å². The van der Waals surface area contributed by atoms with Gasteiger partial charge in [-0.15, -0.1) is 0 Å². The van der Waals surface area contributed by atoms with E-state index >= 15 is 0 Å². The van der Waals surface area contributed by atoms with Crippen LogP contribution in [0, 0.1) is 11.3 Å². The van der Waals surface area contributed by atoms with Crippen LogP contribution in [-0.4, -0.2) is 102 Å². The normalized spacial score (nSPS) is 27.5. The summed E-state index contributed by atoms with van der Waals surface area (Å²) in [6.45, 7) is 2.69. The smallest absolute Gasteiger partial charge is 0.339 e. The summed E-state index contributed by atoms with van der Waals surface area (Å²) in [5.74, 6) is -2.52. The lowest BCUT2D eigenvalue weighted by atomic mass is 9.67. The fraction of sp³-hybridized carbons (Fsp3) is 0.361. The molecule has 1 saturated heterocycles. The van der Waals surface area contributed by atoms with Crippen molar-refractivity contribution in [2.45, 2.75) is 56.9 Å². The predicted octanol–water partition coefficient (Wildman–Crippen LogP) is 2.55. The second-order valence-electron chi connectivity index (χ2n) is 12.6. The van der Waals surface area contributed by atoms with Gasteiger partial charge in [-0.2, -0.15) is 5.26 Å². The van der Waals surface area contributed by atoms with Crippen LogP contribution >= 0.6 is 0 Å². The number of esters is 1. The van der Waals surface area contributed by atoms with Crippen LogP contribution in [0.15, 0.2) is 81.5 Å². The molecule has 7 rings (SSSR count). The minimum absolute atomic E-state index is 0.0104. The Balaban J connectivity index is 1.34. The monoisotopic (exact) mass is 648 g/mol. The van der Waals surface area contributed by atoms with E-state index in [2.05, 4.69) is 11.1 Å². The van der Waals surface area contributed by atoms with Crippen molar-refractivity contribution >= 4 is 40.0 Å². The summed E-state index contributed by atoms with van der Waals surface area (Å²) < 4.78 is 16.7. The van der Waals surface area contributed by atoms with Gasteiger partial charge in [0, 0.05) is 57.1 Å². The third kappa shape index (κ3) is 4.34. The van der Waals surface area contributed by atoms with Gasteiger partial charge in [0.1, 0.15) is 12.6 Å². The van der Waals surface area contributed by atoms with Crippen molar-refractivity contribution in [3.05, 3.63) is 87.0 Å². The molecule has 0 radical (unpaired) electrons. The SMILES string of the molecule is COC1=C(C)C(=O)C2=C(C1=O)[C@@H]1[C@@H]3CC4=C(C(=O)C(OC)=C(C)C4=O)[C@H](COC(=O)c4cnc5ccccc5c4)N3[C@@H](C#N)[C@H](C2)N1C. The Morgan fingerprint density at radius 3 is 2.17 bits per heavy atom. The number of fused-ring (bicyclic) bond motifs is 6. The van der Waals surface area contributed by atoms with E-state index in [1.165, 1.54) is 27.3 Å². The van der Waals surface area contributed by atoms with Crippen molar-refractivity contribution < 1.29 is 38.2 Å². The maximum Gasteiger partial charge on any atom is 0.339 e. The number of ketones is 4. The van der Waals surface area contributed by atoms with E-state index in [1.807, 2.05) is 29.2 Å². The first kappa shape index (κ1) is 31.4. The number of nitriles is 1. The van der Waals surface area contributed by atoms with Crippen LogP contribution < -0.4 is 0 Å². The molecule has 3 aliphatic heterocycles. The number of benzene rings is 1. The molecule has 1 aromatic heterocycles. The topological polar surface area (TPSA) is 156 Å². The van der Waals surface area contributed by atoms with E-state index < -0.39 is 53.5 Å². The van der Waals surface area contributed by atoms with Crippen LogP contribution in [0.5, 0.6) is 0 Å². The van der Waals surface area contributed by atoms with Crippen LogP contribution in [-0.2, 0) is 33.4 Å². The minimum Gasteiger partial charge on any atom is -0.492 e. The lowest BCUT2D eigenvalue weighted by Crippen LogP contribution is -2.74. The fourth-order valence-electron chi connectivity index (χ4n) is 8.20. The number of likely N-dealkylation sites (N-methyl/N-ethyl adjacent to an activating group) is 1. The van der Waals surface area contributed by atoms with Crippen molar-refractivity contribution in [3.8, 4) is 6.07 Å². The predicted molar refractivity (Wildman–Crippen MR) is 169 cm³/mol. The van der Waals surface area contributed by atoms with Crippen LogP contribution in [0.1, 0.15) is 37.0 Å². The zero-order chi connectivity index (χ0) is 34.2. The van der Waals surface area contributed by atoms with E-state index in [0.29, 0.717) is 11.1 Å². The molecule has 0 unspecified atom stereocenters. The van der Waals surface area contributed by atoms with Crippen LogP contribution in [0.3, 0.4) is 0 Å². The molecule has 2 bridgehead atoms. The highest BCUT2D eigenvalue weighted by Gasteiger charge is 2.60. The van der Waals surface area contributed by atoms with Gasteiger partial charge in [0.2, 0.25) is 11.6 Å². The number of para-hydroxylation sites is 1. The first-order chi connectivity index (χ1) is 23.0. The van der Waals surface area contributed by atoms with E-state index in [0.717, 1.165) is 5.39 Å². The van der Waals surface area contributed by atoms with Crippen LogP contribution in [0.4, 0.5) is 0 Å². The molecule has 0 N–H and O–H groups in total. The van der Waals surface area contributed by atoms with Gasteiger partial charge in [0.05, 0.1) is 43.5 Å². The zero-order valence-corrected chi connectivity index (χ0v) is 27.0. The summed E-state index contributed by atoms with van der Waals surface area (Å²) in [6, 6.07) is 7.41. The quantitative estimate of drug-likeness (QED) is 0.346. The molecule has 48 heavy (non-hydrogen) atoms. The second-order valence-corrected chi connectivity index (χ2v) is 12.6. The molecule has 5 atom stereocenters. The van der Waals surface area contributed by atoms with Crippen molar-refractivity contribution in [3.63, 3.8) is 0 Å². The number of rotatable bonds is 5. The van der Waals surface area contributed by atoms with Gasteiger partial charge in [-0.25, -0.2) is 4.79 Å². The van der Waals surface area contributed by atoms with Crippen LogP contribution in [0.25, 0.3) is 10.9 Å². The number of nitrogens with zero attached hydrogens (tertiary/aromatic N) is 4. The van der Waals surface area contributed by atoms with Crippen molar-refractivity contribution in [1.82, 2.24) is 14.8 Å². The molecule has 0 saturated carbocycles. The summed E-state index contributed by atoms with van der Waals surface area (Å²) in [7, 11) is 4.44. The van der Waals surface area contributed by atoms with Gasteiger partial charge in [0.15, 0.2) is 23.1 Å². The lowest BCUT2D eigenvalue weighted by molar-refractivity contribution is -0.126. The Morgan fingerprint density at radius 1 is 0.917 bits per heavy atom. The molecule has 2 aliphatic carbocycles. The summed E-state index contributed by atoms with van der Waals surface area (Å²) in [6.07, 6.45) is 1.53. The summed E-state index contributed by atoms with van der Waals surface area (Å²) in [4.78, 5) is 77.1. The number of carbonyl (C=O) groups is 5. The van der Waals surface area contributed by atoms with Crippen molar-refractivity contribution in [2.24, 2.45) is 0 Å². The number of pyridine rings is 1. The van der Waals surface area contributed by atoms with E-state index in [1.54, 1.807) is 24.9 Å². The molecule has 1 aromatic carbocycles. The number of ether oxygens (including phenoxy) is 3. The number of piperazine rings is 1. The number of methoxy groups -OCH3 is 2.